The lowest BCUT2D eigenvalue weighted by atomic mass is 9.77. The zero-order chi connectivity index (χ0) is 10.6. The topological polar surface area (TPSA) is 26.0 Å². The number of nitrogens with two attached hydrogens (primary N) is 1. The van der Waals surface area contributed by atoms with Crippen molar-refractivity contribution in [3.8, 4) is 0 Å². The third kappa shape index (κ3) is 4.00. The molecule has 1 fully saturated rings. The highest BCUT2D eigenvalue weighted by Gasteiger charge is 2.23. The van der Waals surface area contributed by atoms with Crippen LogP contribution in [0.15, 0.2) is 0 Å². The van der Waals surface area contributed by atoms with Gasteiger partial charge in [0, 0.05) is 6.04 Å². The van der Waals surface area contributed by atoms with Gasteiger partial charge < -0.3 is 5.73 Å². The Morgan fingerprint density at radius 2 is 1.57 bits per heavy atom. The van der Waals surface area contributed by atoms with Gasteiger partial charge in [0.15, 0.2) is 0 Å². The van der Waals surface area contributed by atoms with Crippen molar-refractivity contribution in [3.05, 3.63) is 0 Å². The van der Waals surface area contributed by atoms with Crippen molar-refractivity contribution >= 4 is 0 Å². The molecular formula is C13H27N. The summed E-state index contributed by atoms with van der Waals surface area (Å²) in [4.78, 5) is 0. The van der Waals surface area contributed by atoms with Crippen LogP contribution in [-0.4, -0.2) is 6.04 Å². The third-order valence-corrected chi connectivity index (χ3v) is 3.82. The molecule has 1 nitrogen and oxygen atoms in total. The molecule has 1 saturated carbocycles. The molecule has 0 bridgehead atoms. The van der Waals surface area contributed by atoms with E-state index in [2.05, 4.69) is 20.8 Å². The molecule has 1 aliphatic rings. The molecule has 0 amide bonds. The van der Waals surface area contributed by atoms with Gasteiger partial charge in [-0.2, -0.15) is 0 Å². The van der Waals surface area contributed by atoms with E-state index in [1.54, 1.807) is 0 Å². The van der Waals surface area contributed by atoms with Crippen LogP contribution in [0.2, 0.25) is 0 Å². The second-order valence-corrected chi connectivity index (χ2v) is 5.62. The highest BCUT2D eigenvalue weighted by atomic mass is 14.6. The van der Waals surface area contributed by atoms with E-state index in [9.17, 15) is 0 Å². The minimum Gasteiger partial charge on any atom is -0.328 e. The quantitative estimate of drug-likeness (QED) is 0.732. The van der Waals surface area contributed by atoms with Gasteiger partial charge in [0.05, 0.1) is 0 Å². The molecule has 2 N–H and O–H groups in total. The Morgan fingerprint density at radius 1 is 1.00 bits per heavy atom. The summed E-state index contributed by atoms with van der Waals surface area (Å²) in [6.45, 7) is 7.08. The molecule has 1 unspecified atom stereocenters. The minimum absolute atomic E-state index is 0.503. The molecule has 1 rings (SSSR count). The van der Waals surface area contributed by atoms with Gasteiger partial charge in [-0.15, -0.1) is 0 Å². The fourth-order valence-corrected chi connectivity index (χ4v) is 2.55. The lowest BCUT2D eigenvalue weighted by Gasteiger charge is -2.31. The minimum atomic E-state index is 0.503. The van der Waals surface area contributed by atoms with Crippen molar-refractivity contribution in [2.75, 3.05) is 0 Å². The first-order chi connectivity index (χ1) is 6.59. The average Bonchev–Trinajstić information content (AvgIpc) is 2.15. The lowest BCUT2D eigenvalue weighted by Crippen LogP contribution is -2.29. The monoisotopic (exact) mass is 197 g/mol. The SMILES string of the molecule is CC(C)CCC(C)C1CCC(N)CC1. The zero-order valence-corrected chi connectivity index (χ0v) is 10.1. The predicted molar refractivity (Wildman–Crippen MR) is 63.2 cm³/mol. The van der Waals surface area contributed by atoms with E-state index >= 15 is 0 Å². The Labute approximate surface area is 89.5 Å². The predicted octanol–water partition coefficient (Wildman–Crippen LogP) is 3.58. The molecule has 0 saturated heterocycles. The van der Waals surface area contributed by atoms with Crippen LogP contribution in [0.25, 0.3) is 0 Å². The Kier molecular flexibility index (Phi) is 4.94. The standard InChI is InChI=1S/C13H27N/c1-10(2)4-5-11(3)12-6-8-13(14)9-7-12/h10-13H,4-9,14H2,1-3H3. The van der Waals surface area contributed by atoms with Gasteiger partial charge in [0.1, 0.15) is 0 Å². The maximum absolute atomic E-state index is 5.92. The number of rotatable bonds is 4. The number of hydrogen-bond acceptors (Lipinski definition) is 1. The van der Waals surface area contributed by atoms with E-state index in [0.717, 1.165) is 17.8 Å². The lowest BCUT2D eigenvalue weighted by molar-refractivity contribution is 0.228. The normalized spacial score (nSPS) is 30.6. The van der Waals surface area contributed by atoms with E-state index < -0.39 is 0 Å². The maximum Gasteiger partial charge on any atom is 0.00390 e. The summed E-state index contributed by atoms with van der Waals surface area (Å²) in [6.07, 6.45) is 8.08. The summed E-state index contributed by atoms with van der Waals surface area (Å²) >= 11 is 0. The molecule has 1 heteroatoms. The first kappa shape index (κ1) is 12.0. The second kappa shape index (κ2) is 5.75. The molecular weight excluding hydrogens is 170 g/mol. The van der Waals surface area contributed by atoms with Crippen LogP contribution >= 0.6 is 0 Å². The fraction of sp³-hybridized carbons (Fsp3) is 1.00. The first-order valence-electron chi connectivity index (χ1n) is 6.35. The summed E-state index contributed by atoms with van der Waals surface area (Å²) in [7, 11) is 0. The van der Waals surface area contributed by atoms with Gasteiger partial charge in [0.2, 0.25) is 0 Å². The van der Waals surface area contributed by atoms with Crippen molar-refractivity contribution in [3.63, 3.8) is 0 Å². The summed E-state index contributed by atoms with van der Waals surface area (Å²) in [6, 6.07) is 0.503. The van der Waals surface area contributed by atoms with Gasteiger partial charge in [-0.25, -0.2) is 0 Å². The van der Waals surface area contributed by atoms with Crippen molar-refractivity contribution < 1.29 is 0 Å². The van der Waals surface area contributed by atoms with Gasteiger partial charge in [-0.3, -0.25) is 0 Å². The molecule has 0 aromatic carbocycles. The van der Waals surface area contributed by atoms with Crippen molar-refractivity contribution in [2.45, 2.75) is 65.3 Å². The van der Waals surface area contributed by atoms with E-state index in [0.29, 0.717) is 6.04 Å². The summed E-state index contributed by atoms with van der Waals surface area (Å²) in [5.74, 6) is 2.75. The van der Waals surface area contributed by atoms with Crippen LogP contribution < -0.4 is 5.73 Å². The van der Waals surface area contributed by atoms with E-state index in [1.807, 2.05) is 0 Å². The molecule has 0 radical (unpaired) electrons. The molecule has 84 valence electrons. The van der Waals surface area contributed by atoms with E-state index in [-0.39, 0.29) is 0 Å². The summed E-state index contributed by atoms with van der Waals surface area (Å²) in [5, 5.41) is 0. The molecule has 0 aromatic rings. The van der Waals surface area contributed by atoms with Crippen LogP contribution in [0, 0.1) is 17.8 Å². The van der Waals surface area contributed by atoms with Gasteiger partial charge in [-0.1, -0.05) is 33.6 Å². The molecule has 0 aliphatic heterocycles. The Morgan fingerprint density at radius 3 is 2.07 bits per heavy atom. The maximum atomic E-state index is 5.92. The largest absolute Gasteiger partial charge is 0.328 e. The van der Waals surface area contributed by atoms with Crippen LogP contribution in [0.5, 0.6) is 0 Å². The third-order valence-electron chi connectivity index (χ3n) is 3.82. The first-order valence-corrected chi connectivity index (χ1v) is 6.35. The summed E-state index contributed by atoms with van der Waals surface area (Å²) in [5.41, 5.74) is 5.92. The number of hydrogen-bond donors (Lipinski definition) is 1. The highest BCUT2D eigenvalue weighted by molar-refractivity contribution is 4.77. The molecule has 0 spiro atoms. The smallest absolute Gasteiger partial charge is 0.00390 e. The molecule has 1 atom stereocenters. The molecule has 0 aromatic heterocycles. The molecule has 1 aliphatic carbocycles. The zero-order valence-electron chi connectivity index (χ0n) is 10.1. The van der Waals surface area contributed by atoms with Gasteiger partial charge in [0.25, 0.3) is 0 Å². The molecule has 0 heterocycles. The second-order valence-electron chi connectivity index (χ2n) is 5.62. The Hall–Kier alpha value is -0.0400. The molecule has 14 heavy (non-hydrogen) atoms. The highest BCUT2D eigenvalue weighted by Crippen LogP contribution is 2.32. The van der Waals surface area contributed by atoms with Crippen LogP contribution in [0.3, 0.4) is 0 Å². The fourth-order valence-electron chi connectivity index (χ4n) is 2.55. The Balaban J connectivity index is 2.20. The Bertz CT molecular complexity index is 145. The van der Waals surface area contributed by atoms with Crippen molar-refractivity contribution in [1.29, 1.82) is 0 Å². The van der Waals surface area contributed by atoms with E-state index in [1.165, 1.54) is 38.5 Å². The van der Waals surface area contributed by atoms with Gasteiger partial charge in [-0.05, 0) is 43.4 Å². The van der Waals surface area contributed by atoms with Crippen molar-refractivity contribution in [1.82, 2.24) is 0 Å². The van der Waals surface area contributed by atoms with E-state index in [4.69, 9.17) is 5.73 Å². The van der Waals surface area contributed by atoms with Crippen LogP contribution in [0.1, 0.15) is 59.3 Å². The van der Waals surface area contributed by atoms with Crippen molar-refractivity contribution in [2.24, 2.45) is 23.5 Å². The summed E-state index contributed by atoms with van der Waals surface area (Å²) < 4.78 is 0. The van der Waals surface area contributed by atoms with Crippen LogP contribution in [-0.2, 0) is 0 Å². The average molecular weight is 197 g/mol. The van der Waals surface area contributed by atoms with Gasteiger partial charge >= 0.3 is 0 Å². The van der Waals surface area contributed by atoms with Crippen LogP contribution in [0.4, 0.5) is 0 Å².